The molecule has 0 amide bonds. The largest absolute Gasteiger partial charge is 0.478 e. The maximum absolute atomic E-state index is 11.4. The van der Waals surface area contributed by atoms with Gasteiger partial charge in [0.15, 0.2) is 0 Å². The number of aliphatic carboxylic acids is 1. The van der Waals surface area contributed by atoms with Gasteiger partial charge in [0.2, 0.25) is 0 Å². The molecule has 0 bridgehead atoms. The SMILES string of the molecule is CC/C(=C(\C(=O)O)c1cccs1)c1cccs1. The monoisotopic (exact) mass is 264 g/mol. The molecule has 2 aromatic heterocycles. The van der Waals surface area contributed by atoms with Crippen LogP contribution in [0.2, 0.25) is 0 Å². The number of thiophene rings is 2. The first-order chi connectivity index (χ1) is 8.24. The zero-order valence-electron chi connectivity index (χ0n) is 9.34. The van der Waals surface area contributed by atoms with Gasteiger partial charge < -0.3 is 5.11 Å². The average molecular weight is 264 g/mol. The fourth-order valence-electron chi connectivity index (χ4n) is 1.73. The molecule has 0 atom stereocenters. The van der Waals surface area contributed by atoms with E-state index in [1.54, 1.807) is 11.3 Å². The highest BCUT2D eigenvalue weighted by molar-refractivity contribution is 7.12. The number of carbonyl (C=O) groups is 1. The van der Waals surface area contributed by atoms with Crippen molar-refractivity contribution < 1.29 is 9.90 Å². The lowest BCUT2D eigenvalue weighted by molar-refractivity contribution is -0.130. The first-order valence-electron chi connectivity index (χ1n) is 5.28. The van der Waals surface area contributed by atoms with Gasteiger partial charge in [-0.1, -0.05) is 19.1 Å². The van der Waals surface area contributed by atoms with E-state index in [2.05, 4.69) is 0 Å². The topological polar surface area (TPSA) is 37.3 Å². The minimum Gasteiger partial charge on any atom is -0.478 e. The van der Waals surface area contributed by atoms with Crippen LogP contribution in [0.15, 0.2) is 35.0 Å². The Labute approximate surface area is 108 Å². The van der Waals surface area contributed by atoms with Gasteiger partial charge in [0.25, 0.3) is 0 Å². The minimum atomic E-state index is -0.849. The van der Waals surface area contributed by atoms with Crippen molar-refractivity contribution in [1.29, 1.82) is 0 Å². The van der Waals surface area contributed by atoms with Crippen LogP contribution >= 0.6 is 22.7 Å². The summed E-state index contributed by atoms with van der Waals surface area (Å²) in [5.74, 6) is -0.849. The molecule has 2 nitrogen and oxygen atoms in total. The zero-order valence-corrected chi connectivity index (χ0v) is 11.0. The molecule has 0 aliphatic rings. The Morgan fingerprint density at radius 2 is 1.76 bits per heavy atom. The normalized spacial score (nSPS) is 12.3. The summed E-state index contributed by atoms with van der Waals surface area (Å²) in [5.41, 5.74) is 1.35. The Morgan fingerprint density at radius 3 is 2.18 bits per heavy atom. The van der Waals surface area contributed by atoms with E-state index in [4.69, 9.17) is 0 Å². The molecule has 2 aromatic rings. The molecule has 0 aliphatic heterocycles. The molecule has 0 unspecified atom stereocenters. The van der Waals surface area contributed by atoms with Crippen LogP contribution in [0.4, 0.5) is 0 Å². The summed E-state index contributed by atoms with van der Waals surface area (Å²) < 4.78 is 0. The molecule has 1 N–H and O–H groups in total. The second-order valence-corrected chi connectivity index (χ2v) is 5.36. The van der Waals surface area contributed by atoms with Crippen molar-refractivity contribution in [3.05, 3.63) is 44.8 Å². The predicted octanol–water partition coefficient (Wildman–Crippen LogP) is 4.22. The standard InChI is InChI=1S/C13H12O2S2/c1-2-9(10-5-3-7-16-10)12(13(14)15)11-6-4-8-17-11/h3-8H,2H2,1H3,(H,14,15)/b12-9+. The molecule has 17 heavy (non-hydrogen) atoms. The number of allylic oxidation sites excluding steroid dienone is 1. The Balaban J connectivity index is 2.60. The summed E-state index contributed by atoms with van der Waals surface area (Å²) in [6.07, 6.45) is 0.722. The molecule has 0 aliphatic carbocycles. The van der Waals surface area contributed by atoms with E-state index in [1.165, 1.54) is 11.3 Å². The van der Waals surface area contributed by atoms with Crippen molar-refractivity contribution in [3.8, 4) is 0 Å². The molecule has 88 valence electrons. The van der Waals surface area contributed by atoms with Gasteiger partial charge in [0, 0.05) is 9.75 Å². The highest BCUT2D eigenvalue weighted by atomic mass is 32.1. The lowest BCUT2D eigenvalue weighted by atomic mass is 10.0. The molecule has 0 spiro atoms. The molecule has 2 rings (SSSR count). The van der Waals surface area contributed by atoms with Gasteiger partial charge in [-0.3, -0.25) is 0 Å². The fraction of sp³-hybridized carbons (Fsp3) is 0.154. The summed E-state index contributed by atoms with van der Waals surface area (Å²) in [5, 5.41) is 13.3. The molecular weight excluding hydrogens is 252 g/mol. The van der Waals surface area contributed by atoms with Crippen molar-refractivity contribution in [1.82, 2.24) is 0 Å². The van der Waals surface area contributed by atoms with Crippen molar-refractivity contribution in [3.63, 3.8) is 0 Å². The summed E-state index contributed by atoms with van der Waals surface area (Å²) in [7, 11) is 0. The lowest BCUT2D eigenvalue weighted by Crippen LogP contribution is -2.01. The van der Waals surface area contributed by atoms with Crippen LogP contribution < -0.4 is 0 Å². The quantitative estimate of drug-likeness (QED) is 0.840. The predicted molar refractivity (Wildman–Crippen MR) is 73.4 cm³/mol. The summed E-state index contributed by atoms with van der Waals surface area (Å²) in [6.45, 7) is 1.99. The van der Waals surface area contributed by atoms with Crippen LogP contribution in [-0.4, -0.2) is 11.1 Å². The summed E-state index contributed by atoms with van der Waals surface area (Å²) in [4.78, 5) is 13.3. The van der Waals surface area contributed by atoms with Crippen LogP contribution in [-0.2, 0) is 4.79 Å². The highest BCUT2D eigenvalue weighted by Gasteiger charge is 2.18. The Hall–Kier alpha value is -1.39. The van der Waals surface area contributed by atoms with Crippen LogP contribution in [0.3, 0.4) is 0 Å². The Bertz CT molecular complexity index is 522. The molecule has 4 heteroatoms. The first kappa shape index (κ1) is 12.1. The third kappa shape index (κ3) is 2.48. The van der Waals surface area contributed by atoms with E-state index < -0.39 is 5.97 Å². The van der Waals surface area contributed by atoms with Gasteiger partial charge in [-0.05, 0) is 34.9 Å². The van der Waals surface area contributed by atoms with Gasteiger partial charge in [-0.2, -0.15) is 0 Å². The number of rotatable bonds is 4. The summed E-state index contributed by atoms with van der Waals surface area (Å²) >= 11 is 3.05. The van der Waals surface area contributed by atoms with Crippen molar-refractivity contribution >= 4 is 39.8 Å². The molecule has 0 fully saturated rings. The van der Waals surface area contributed by atoms with Crippen LogP contribution in [0.25, 0.3) is 11.1 Å². The van der Waals surface area contributed by atoms with Crippen molar-refractivity contribution in [2.75, 3.05) is 0 Å². The van der Waals surface area contributed by atoms with Crippen LogP contribution in [0.5, 0.6) is 0 Å². The van der Waals surface area contributed by atoms with Gasteiger partial charge in [-0.25, -0.2) is 4.79 Å². The van der Waals surface area contributed by atoms with E-state index in [9.17, 15) is 9.90 Å². The van der Waals surface area contributed by atoms with E-state index >= 15 is 0 Å². The zero-order chi connectivity index (χ0) is 12.3. The van der Waals surface area contributed by atoms with Gasteiger partial charge in [0.1, 0.15) is 0 Å². The van der Waals surface area contributed by atoms with Gasteiger partial charge in [-0.15, -0.1) is 22.7 Å². The van der Waals surface area contributed by atoms with E-state index in [0.29, 0.717) is 5.57 Å². The fourth-order valence-corrected chi connectivity index (χ4v) is 3.37. The first-order valence-corrected chi connectivity index (χ1v) is 7.04. The number of carboxylic acids is 1. The second kappa shape index (κ2) is 5.29. The third-order valence-corrected chi connectivity index (χ3v) is 4.27. The molecular formula is C13H12O2S2. The second-order valence-electron chi connectivity index (χ2n) is 3.47. The Kier molecular flexibility index (Phi) is 3.76. The van der Waals surface area contributed by atoms with E-state index in [0.717, 1.165) is 21.7 Å². The van der Waals surface area contributed by atoms with Gasteiger partial charge in [0.05, 0.1) is 5.57 Å². The maximum Gasteiger partial charge on any atom is 0.337 e. The highest BCUT2D eigenvalue weighted by Crippen LogP contribution is 2.33. The van der Waals surface area contributed by atoms with Crippen molar-refractivity contribution in [2.24, 2.45) is 0 Å². The third-order valence-electron chi connectivity index (χ3n) is 2.46. The van der Waals surface area contributed by atoms with Crippen molar-refractivity contribution in [2.45, 2.75) is 13.3 Å². The molecule has 0 radical (unpaired) electrons. The van der Waals surface area contributed by atoms with Crippen LogP contribution in [0.1, 0.15) is 23.1 Å². The van der Waals surface area contributed by atoms with Crippen LogP contribution in [0, 0.1) is 0 Å². The smallest absolute Gasteiger partial charge is 0.337 e. The number of hydrogen-bond acceptors (Lipinski definition) is 3. The maximum atomic E-state index is 11.4. The lowest BCUT2D eigenvalue weighted by Gasteiger charge is -2.07. The molecule has 2 heterocycles. The minimum absolute atomic E-state index is 0.435. The number of carboxylic acid groups (broad SMARTS) is 1. The number of hydrogen-bond donors (Lipinski definition) is 1. The average Bonchev–Trinajstić information content (AvgIpc) is 2.97. The summed E-state index contributed by atoms with van der Waals surface area (Å²) in [6, 6.07) is 7.66. The Morgan fingerprint density at radius 1 is 1.18 bits per heavy atom. The molecule has 0 saturated carbocycles. The molecule has 0 saturated heterocycles. The van der Waals surface area contributed by atoms with E-state index in [-0.39, 0.29) is 0 Å². The van der Waals surface area contributed by atoms with E-state index in [1.807, 2.05) is 41.9 Å². The molecule has 0 aromatic carbocycles. The van der Waals surface area contributed by atoms with Gasteiger partial charge >= 0.3 is 5.97 Å².